The monoisotopic (exact) mass is 344 g/mol. The average Bonchev–Trinajstić information content (AvgIpc) is 2.55. The average molecular weight is 345 g/mol. The number of benzene rings is 2. The van der Waals surface area contributed by atoms with Crippen LogP contribution in [0.5, 0.6) is 5.75 Å². The van der Waals surface area contributed by atoms with Crippen molar-refractivity contribution in [2.24, 2.45) is 10.2 Å². The lowest BCUT2D eigenvalue weighted by Crippen LogP contribution is -2.05. The maximum Gasteiger partial charge on any atom is 0.296 e. The fourth-order valence-corrected chi connectivity index (χ4v) is 2.31. The van der Waals surface area contributed by atoms with Gasteiger partial charge in [-0.2, -0.15) is 0 Å². The molecule has 3 aromatic rings. The summed E-state index contributed by atoms with van der Waals surface area (Å²) in [7, 11) is 0. The predicted molar refractivity (Wildman–Crippen MR) is 88.5 cm³/mol. The fraction of sp³-hybridized carbons (Fsp3) is 0. The van der Waals surface area contributed by atoms with Crippen LogP contribution >= 0.6 is 11.6 Å². The van der Waals surface area contributed by atoms with Crippen molar-refractivity contribution in [1.82, 2.24) is 4.98 Å². The van der Waals surface area contributed by atoms with Gasteiger partial charge in [-0.3, -0.25) is 14.9 Å². The van der Waals surface area contributed by atoms with Gasteiger partial charge in [0.25, 0.3) is 11.2 Å². The number of nitro benzene ring substituents is 1. The zero-order valence-electron chi connectivity index (χ0n) is 11.9. The number of aromatic amines is 1. The number of pyridine rings is 1. The van der Waals surface area contributed by atoms with E-state index in [4.69, 9.17) is 11.6 Å². The van der Waals surface area contributed by atoms with Crippen LogP contribution in [0.2, 0.25) is 5.02 Å². The summed E-state index contributed by atoms with van der Waals surface area (Å²) < 4.78 is 0. The number of aromatic nitrogens is 1. The number of fused-ring (bicyclic) bond motifs is 1. The Balaban J connectivity index is 2.14. The highest BCUT2D eigenvalue weighted by molar-refractivity contribution is 6.31. The molecule has 0 spiro atoms. The summed E-state index contributed by atoms with van der Waals surface area (Å²) in [5.74, 6) is -0.404. The Labute approximate surface area is 139 Å². The minimum absolute atomic E-state index is 0.0347. The zero-order chi connectivity index (χ0) is 17.3. The SMILES string of the molecule is O=c1[nH]c2ccc(Cl)cc2c(O)c1N=Nc1ccccc1[N+](=O)[O-]. The third-order valence-corrected chi connectivity index (χ3v) is 3.50. The van der Waals surface area contributed by atoms with E-state index in [0.717, 1.165) is 0 Å². The molecule has 8 nitrogen and oxygen atoms in total. The Bertz CT molecular complexity index is 1050. The van der Waals surface area contributed by atoms with E-state index < -0.39 is 16.2 Å². The van der Waals surface area contributed by atoms with Gasteiger partial charge in [-0.05, 0) is 24.3 Å². The van der Waals surface area contributed by atoms with E-state index in [1.165, 1.54) is 24.3 Å². The summed E-state index contributed by atoms with van der Waals surface area (Å²) in [6.45, 7) is 0. The van der Waals surface area contributed by atoms with E-state index in [-0.39, 0.29) is 17.1 Å². The maximum atomic E-state index is 12.0. The normalized spacial score (nSPS) is 11.2. The highest BCUT2D eigenvalue weighted by Gasteiger charge is 2.14. The molecule has 1 heterocycles. The maximum absolute atomic E-state index is 12.0. The van der Waals surface area contributed by atoms with Crippen LogP contribution in [-0.2, 0) is 0 Å². The summed E-state index contributed by atoms with van der Waals surface area (Å²) in [6.07, 6.45) is 0. The second-order valence-electron chi connectivity index (χ2n) is 4.79. The highest BCUT2D eigenvalue weighted by atomic mass is 35.5. The smallest absolute Gasteiger partial charge is 0.296 e. The number of rotatable bonds is 3. The van der Waals surface area contributed by atoms with Gasteiger partial charge in [0, 0.05) is 16.5 Å². The third kappa shape index (κ3) is 2.82. The molecule has 0 bridgehead atoms. The van der Waals surface area contributed by atoms with E-state index in [1.54, 1.807) is 18.2 Å². The number of H-pyrrole nitrogens is 1. The van der Waals surface area contributed by atoms with Crippen molar-refractivity contribution in [3.8, 4) is 5.75 Å². The lowest BCUT2D eigenvalue weighted by Gasteiger charge is -2.03. The minimum Gasteiger partial charge on any atom is -0.505 e. The third-order valence-electron chi connectivity index (χ3n) is 3.26. The zero-order valence-corrected chi connectivity index (χ0v) is 12.7. The molecule has 0 atom stereocenters. The van der Waals surface area contributed by atoms with Crippen molar-refractivity contribution >= 4 is 39.6 Å². The molecular formula is C15H9ClN4O4. The molecule has 0 aliphatic heterocycles. The van der Waals surface area contributed by atoms with Crippen LogP contribution in [0, 0.1) is 10.1 Å². The van der Waals surface area contributed by atoms with Crippen LogP contribution in [0.4, 0.5) is 17.1 Å². The molecular weight excluding hydrogens is 336 g/mol. The van der Waals surface area contributed by atoms with Crippen LogP contribution in [0.15, 0.2) is 57.5 Å². The molecule has 1 aromatic heterocycles. The van der Waals surface area contributed by atoms with Crippen molar-refractivity contribution in [3.05, 3.63) is 68.0 Å². The Morgan fingerprint density at radius 1 is 1.17 bits per heavy atom. The van der Waals surface area contributed by atoms with Gasteiger partial charge in [0.1, 0.15) is 0 Å². The first-order valence-corrected chi connectivity index (χ1v) is 7.05. The number of hydrogen-bond donors (Lipinski definition) is 2. The van der Waals surface area contributed by atoms with Crippen LogP contribution in [0.25, 0.3) is 10.9 Å². The molecule has 9 heteroatoms. The molecule has 2 aromatic carbocycles. The number of nitrogens with one attached hydrogen (secondary N) is 1. The van der Waals surface area contributed by atoms with Gasteiger partial charge < -0.3 is 10.1 Å². The highest BCUT2D eigenvalue weighted by Crippen LogP contribution is 2.34. The number of para-hydroxylation sites is 1. The first-order chi connectivity index (χ1) is 11.5. The first kappa shape index (κ1) is 15.6. The van der Waals surface area contributed by atoms with Crippen LogP contribution in [0.1, 0.15) is 0 Å². The van der Waals surface area contributed by atoms with E-state index >= 15 is 0 Å². The van der Waals surface area contributed by atoms with E-state index in [0.29, 0.717) is 15.9 Å². The minimum atomic E-state index is -0.676. The van der Waals surface area contributed by atoms with Gasteiger partial charge >= 0.3 is 0 Å². The van der Waals surface area contributed by atoms with E-state index in [2.05, 4.69) is 15.2 Å². The number of azo groups is 1. The van der Waals surface area contributed by atoms with E-state index in [1.807, 2.05) is 0 Å². The summed E-state index contributed by atoms with van der Waals surface area (Å²) >= 11 is 5.88. The Kier molecular flexibility index (Phi) is 3.97. The molecule has 3 rings (SSSR count). The van der Waals surface area contributed by atoms with Gasteiger partial charge in [0.05, 0.1) is 10.4 Å². The molecule has 0 radical (unpaired) electrons. The van der Waals surface area contributed by atoms with Crippen LogP contribution in [-0.4, -0.2) is 15.0 Å². The van der Waals surface area contributed by atoms with Gasteiger partial charge in [0.15, 0.2) is 17.1 Å². The molecule has 0 unspecified atom stereocenters. The number of nitrogens with zero attached hydrogens (tertiary/aromatic N) is 3. The Hall–Kier alpha value is -3.26. The van der Waals surface area contributed by atoms with Crippen molar-refractivity contribution < 1.29 is 10.0 Å². The predicted octanol–water partition coefficient (Wildman–Crippen LogP) is 4.21. The van der Waals surface area contributed by atoms with Crippen LogP contribution < -0.4 is 5.56 Å². The quantitative estimate of drug-likeness (QED) is 0.420. The summed E-state index contributed by atoms with van der Waals surface area (Å²) in [6, 6.07) is 10.2. The molecule has 0 saturated carbocycles. The van der Waals surface area contributed by atoms with Crippen molar-refractivity contribution in [3.63, 3.8) is 0 Å². The molecule has 2 N–H and O–H groups in total. The molecule has 24 heavy (non-hydrogen) atoms. The molecule has 0 saturated heterocycles. The lowest BCUT2D eigenvalue weighted by molar-refractivity contribution is -0.384. The second kappa shape index (κ2) is 6.09. The molecule has 0 aliphatic rings. The van der Waals surface area contributed by atoms with Gasteiger partial charge in [0.2, 0.25) is 0 Å². The summed E-state index contributed by atoms with van der Waals surface area (Å²) in [4.78, 5) is 24.9. The molecule has 120 valence electrons. The molecule has 0 aliphatic carbocycles. The second-order valence-corrected chi connectivity index (χ2v) is 5.22. The van der Waals surface area contributed by atoms with Crippen molar-refractivity contribution in [2.75, 3.05) is 0 Å². The van der Waals surface area contributed by atoms with Gasteiger partial charge in [-0.1, -0.05) is 23.7 Å². The number of halogens is 1. The number of nitro groups is 1. The Morgan fingerprint density at radius 2 is 1.92 bits per heavy atom. The first-order valence-electron chi connectivity index (χ1n) is 6.67. The van der Waals surface area contributed by atoms with Gasteiger partial charge in [-0.25, -0.2) is 0 Å². The molecule has 0 amide bonds. The number of aromatic hydroxyl groups is 1. The topological polar surface area (TPSA) is 121 Å². The summed E-state index contributed by atoms with van der Waals surface area (Å²) in [5.41, 5.74) is -0.951. The largest absolute Gasteiger partial charge is 0.505 e. The van der Waals surface area contributed by atoms with Gasteiger partial charge in [-0.15, -0.1) is 10.2 Å². The van der Waals surface area contributed by atoms with Crippen molar-refractivity contribution in [2.45, 2.75) is 0 Å². The molecule has 0 fully saturated rings. The number of hydrogen-bond acceptors (Lipinski definition) is 6. The van der Waals surface area contributed by atoms with Crippen molar-refractivity contribution in [1.29, 1.82) is 0 Å². The summed E-state index contributed by atoms with van der Waals surface area (Å²) in [5, 5.41) is 29.3. The fourth-order valence-electron chi connectivity index (χ4n) is 2.14. The standard InChI is InChI=1S/C15H9ClN4O4/c16-8-5-6-10-9(7-8)14(21)13(15(22)17-10)19-18-11-3-1-2-4-12(11)20(23)24/h1-7H,(H2,17,21,22). The van der Waals surface area contributed by atoms with E-state index in [9.17, 15) is 20.0 Å². The lowest BCUT2D eigenvalue weighted by atomic mass is 10.2. The van der Waals surface area contributed by atoms with Crippen LogP contribution in [0.3, 0.4) is 0 Å². The Morgan fingerprint density at radius 3 is 2.67 bits per heavy atom.